The molecule has 0 radical (unpaired) electrons. The van der Waals surface area contributed by atoms with Crippen LogP contribution in [0.3, 0.4) is 0 Å². The van der Waals surface area contributed by atoms with Crippen LogP contribution in [0.25, 0.3) is 32.2 Å². The molecule has 0 aliphatic carbocycles. The first-order valence-corrected chi connectivity index (χ1v) is 14.3. The summed E-state index contributed by atoms with van der Waals surface area (Å²) in [6.45, 7) is 11.3. The molecule has 222 valence electrons. The third-order valence-corrected chi connectivity index (χ3v) is 7.35. The number of fused-ring (bicyclic) bond motifs is 2. The van der Waals surface area contributed by atoms with Gasteiger partial charge in [0.1, 0.15) is 34.7 Å². The summed E-state index contributed by atoms with van der Waals surface area (Å²) in [7, 11) is 0. The normalized spacial score (nSPS) is 14.2. The fourth-order valence-electron chi connectivity index (χ4n) is 4.35. The van der Waals surface area contributed by atoms with Gasteiger partial charge in [-0.05, 0) is 59.7 Å². The molecule has 0 spiro atoms. The third kappa shape index (κ3) is 6.16. The summed E-state index contributed by atoms with van der Waals surface area (Å²) in [6.07, 6.45) is 0.0570. The van der Waals surface area contributed by atoms with Crippen molar-refractivity contribution in [2.24, 2.45) is 0 Å². The van der Waals surface area contributed by atoms with Gasteiger partial charge in [-0.3, -0.25) is 5.32 Å². The number of hydrogen-bond donors (Lipinski definition) is 2. The maximum atomic E-state index is 16.1. The van der Waals surface area contributed by atoms with Crippen LogP contribution in [0.4, 0.5) is 29.3 Å². The van der Waals surface area contributed by atoms with E-state index in [1.807, 2.05) is 0 Å². The number of amides is 2. The molecule has 3 heterocycles. The van der Waals surface area contributed by atoms with Crippen LogP contribution in [0, 0.1) is 11.6 Å². The molecule has 1 aliphatic heterocycles. The predicted molar refractivity (Wildman–Crippen MR) is 158 cm³/mol. The van der Waals surface area contributed by atoms with Gasteiger partial charge in [0, 0.05) is 29.6 Å². The Kier molecular flexibility index (Phi) is 7.60. The van der Waals surface area contributed by atoms with Crippen molar-refractivity contribution in [3.63, 3.8) is 0 Å². The second-order valence-electron chi connectivity index (χ2n) is 11.8. The third-order valence-electron chi connectivity index (χ3n) is 6.07. The molecule has 5 rings (SSSR count). The topological polar surface area (TPSA) is 119 Å². The molecule has 0 bridgehead atoms. The first-order valence-electron chi connectivity index (χ1n) is 13.1. The molecule has 2 N–H and O–H groups in total. The molecule has 10 nitrogen and oxygen atoms in total. The summed E-state index contributed by atoms with van der Waals surface area (Å²) in [5.74, 6) is -0.979. The monoisotopic (exact) mass is 618 g/mol. The Morgan fingerprint density at radius 3 is 2.40 bits per heavy atom. The van der Waals surface area contributed by atoms with Gasteiger partial charge in [0.25, 0.3) is 0 Å². The van der Waals surface area contributed by atoms with Crippen molar-refractivity contribution >= 4 is 67.2 Å². The Bertz CT molecular complexity index is 1710. The summed E-state index contributed by atoms with van der Waals surface area (Å²) < 4.78 is 41.6. The summed E-state index contributed by atoms with van der Waals surface area (Å²) in [6, 6.07) is 3.96. The van der Waals surface area contributed by atoms with Gasteiger partial charge in [0.15, 0.2) is 10.9 Å². The Labute approximate surface area is 249 Å². The average molecular weight is 619 g/mol. The van der Waals surface area contributed by atoms with Gasteiger partial charge in [-0.1, -0.05) is 22.9 Å². The smallest absolute Gasteiger partial charge is 0.413 e. The molecular formula is C28H29ClF2N6O4S. The zero-order valence-corrected chi connectivity index (χ0v) is 25.3. The molecule has 1 fully saturated rings. The van der Waals surface area contributed by atoms with E-state index in [4.69, 9.17) is 21.1 Å². The Morgan fingerprint density at radius 1 is 1.05 bits per heavy atom. The molecule has 0 saturated carbocycles. The predicted octanol–water partition coefficient (Wildman–Crippen LogP) is 7.22. The number of thiazole rings is 1. The van der Waals surface area contributed by atoms with E-state index in [2.05, 4.69) is 25.6 Å². The Balaban J connectivity index is 1.45. The van der Waals surface area contributed by atoms with Crippen molar-refractivity contribution in [2.75, 3.05) is 23.7 Å². The molecule has 2 aromatic carbocycles. The van der Waals surface area contributed by atoms with E-state index < -0.39 is 35.0 Å². The Hall–Kier alpha value is -3.84. The molecule has 4 aromatic rings. The number of likely N-dealkylation sites (tertiary alicyclic amines) is 1. The maximum Gasteiger partial charge on any atom is 0.413 e. The minimum absolute atomic E-state index is 0.00460. The van der Waals surface area contributed by atoms with Crippen molar-refractivity contribution < 1.29 is 27.8 Å². The lowest BCUT2D eigenvalue weighted by Gasteiger charge is -2.40. The van der Waals surface area contributed by atoms with E-state index in [1.54, 1.807) is 46.4 Å². The number of rotatable bonds is 4. The SMILES string of the molecule is CC(C)(C)OC(=O)Nc1nc2c(-c3c(Cl)cc4c(NC5CN(C(=O)OC(C)(C)C)C5)ncnc4c3F)ccc(F)c2s1. The van der Waals surface area contributed by atoms with Crippen LogP contribution < -0.4 is 10.6 Å². The molecule has 2 amide bonds. The average Bonchev–Trinajstić information content (AvgIpc) is 3.24. The maximum absolute atomic E-state index is 16.1. The highest BCUT2D eigenvalue weighted by molar-refractivity contribution is 7.22. The van der Waals surface area contributed by atoms with Crippen molar-refractivity contribution in [3.05, 3.63) is 41.2 Å². The second-order valence-corrected chi connectivity index (χ2v) is 13.2. The number of nitrogens with zero attached hydrogens (tertiary/aromatic N) is 4. The number of aromatic nitrogens is 3. The quantitative estimate of drug-likeness (QED) is 0.246. The first-order chi connectivity index (χ1) is 19.6. The van der Waals surface area contributed by atoms with Crippen LogP contribution >= 0.6 is 22.9 Å². The fraction of sp³-hybridized carbons (Fsp3) is 0.393. The lowest BCUT2D eigenvalue weighted by Crippen LogP contribution is -2.58. The highest BCUT2D eigenvalue weighted by atomic mass is 35.5. The van der Waals surface area contributed by atoms with Gasteiger partial charge in [-0.25, -0.2) is 33.3 Å². The molecule has 42 heavy (non-hydrogen) atoms. The van der Waals surface area contributed by atoms with Gasteiger partial charge in [-0.2, -0.15) is 0 Å². The second kappa shape index (κ2) is 10.8. The number of ether oxygens (including phenoxy) is 2. The molecule has 0 unspecified atom stereocenters. The van der Waals surface area contributed by atoms with Gasteiger partial charge in [0.2, 0.25) is 0 Å². The number of hydrogen-bond acceptors (Lipinski definition) is 9. The Morgan fingerprint density at radius 2 is 1.74 bits per heavy atom. The van der Waals surface area contributed by atoms with E-state index >= 15 is 4.39 Å². The number of carbonyl (C=O) groups is 2. The number of nitrogens with one attached hydrogen (secondary N) is 2. The lowest BCUT2D eigenvalue weighted by molar-refractivity contribution is 0.0104. The van der Waals surface area contributed by atoms with E-state index in [9.17, 15) is 14.0 Å². The molecular weight excluding hydrogens is 590 g/mol. The molecule has 1 aliphatic rings. The minimum atomic E-state index is -0.754. The summed E-state index contributed by atoms with van der Waals surface area (Å²) in [5.41, 5.74) is -1.03. The van der Waals surface area contributed by atoms with Crippen LogP contribution in [0.1, 0.15) is 41.5 Å². The highest BCUT2D eigenvalue weighted by Crippen LogP contribution is 2.42. The molecule has 1 saturated heterocycles. The van der Waals surface area contributed by atoms with Crippen LogP contribution in [0.2, 0.25) is 5.02 Å². The van der Waals surface area contributed by atoms with Gasteiger partial charge in [-0.15, -0.1) is 0 Å². The zero-order valence-electron chi connectivity index (χ0n) is 23.8. The summed E-state index contributed by atoms with van der Waals surface area (Å²) in [4.78, 5) is 38.8. The van der Waals surface area contributed by atoms with Crippen molar-refractivity contribution in [2.45, 2.75) is 58.8 Å². The largest absolute Gasteiger partial charge is 0.444 e. The minimum Gasteiger partial charge on any atom is -0.444 e. The van der Waals surface area contributed by atoms with Crippen molar-refractivity contribution in [1.82, 2.24) is 19.9 Å². The first kappa shape index (κ1) is 29.6. The number of benzene rings is 2. The van der Waals surface area contributed by atoms with E-state index in [1.165, 1.54) is 24.5 Å². The van der Waals surface area contributed by atoms with E-state index in [0.717, 1.165) is 11.3 Å². The van der Waals surface area contributed by atoms with Crippen LogP contribution in [0.5, 0.6) is 0 Å². The van der Waals surface area contributed by atoms with Crippen LogP contribution in [-0.4, -0.2) is 62.4 Å². The van der Waals surface area contributed by atoms with Gasteiger partial charge < -0.3 is 19.7 Å². The van der Waals surface area contributed by atoms with Crippen LogP contribution in [-0.2, 0) is 9.47 Å². The van der Waals surface area contributed by atoms with Crippen molar-refractivity contribution in [3.8, 4) is 11.1 Å². The molecule has 14 heteroatoms. The van der Waals surface area contributed by atoms with Gasteiger partial charge in [0.05, 0.1) is 21.3 Å². The van der Waals surface area contributed by atoms with E-state index in [0.29, 0.717) is 24.3 Å². The van der Waals surface area contributed by atoms with Crippen LogP contribution in [0.15, 0.2) is 24.5 Å². The zero-order chi connectivity index (χ0) is 30.6. The number of carbonyl (C=O) groups excluding carboxylic acids is 2. The lowest BCUT2D eigenvalue weighted by atomic mass is 10.0. The fourth-order valence-corrected chi connectivity index (χ4v) is 5.53. The highest BCUT2D eigenvalue weighted by Gasteiger charge is 2.34. The number of halogens is 3. The van der Waals surface area contributed by atoms with Crippen molar-refractivity contribution in [1.29, 1.82) is 0 Å². The van der Waals surface area contributed by atoms with Gasteiger partial charge >= 0.3 is 12.2 Å². The summed E-state index contributed by atoms with van der Waals surface area (Å²) >= 11 is 7.52. The standard InChI is InChI=1S/C28H29ClF2N6O4S/c1-27(2,3)40-25(38)36-24-35-21-14(7-8-17(30)22(21)42-24)18-16(29)9-15-20(19(18)31)32-12-33-23(15)34-13-10-37(11-13)26(39)41-28(4,5)6/h7-9,12-13H,10-11H2,1-6H3,(H,32,33,34)(H,35,36,38). The van der Waals surface area contributed by atoms with E-state index in [-0.39, 0.29) is 43.1 Å². The molecule has 0 atom stereocenters. The number of anilines is 2. The molecule has 2 aromatic heterocycles. The summed E-state index contributed by atoms with van der Waals surface area (Å²) in [5, 5.41) is 6.17.